The predicted molar refractivity (Wildman–Crippen MR) is 123 cm³/mol. The van der Waals surface area contributed by atoms with Gasteiger partial charge < -0.3 is 14.5 Å². The molecule has 1 atom stereocenters. The van der Waals surface area contributed by atoms with E-state index in [1.165, 1.54) is 0 Å². The number of carbonyl (C=O) groups is 1. The van der Waals surface area contributed by atoms with Gasteiger partial charge in [-0.15, -0.1) is 0 Å². The van der Waals surface area contributed by atoms with Crippen molar-refractivity contribution in [2.75, 3.05) is 32.6 Å². The minimum absolute atomic E-state index is 0.0246. The Morgan fingerprint density at radius 3 is 2.74 bits per heavy atom. The molecular weight excluding hydrogens is 412 g/mol. The van der Waals surface area contributed by atoms with Crippen molar-refractivity contribution < 1.29 is 9.53 Å². The van der Waals surface area contributed by atoms with Gasteiger partial charge in [0.2, 0.25) is 5.95 Å². The van der Waals surface area contributed by atoms with E-state index in [4.69, 9.17) is 21.3 Å². The van der Waals surface area contributed by atoms with Gasteiger partial charge in [0.05, 0.1) is 18.8 Å². The largest absolute Gasteiger partial charge is 0.497 e. The number of hydrogen-bond donors (Lipinski definition) is 0. The Morgan fingerprint density at radius 1 is 1.19 bits per heavy atom. The van der Waals surface area contributed by atoms with Gasteiger partial charge in [-0.05, 0) is 48.7 Å². The summed E-state index contributed by atoms with van der Waals surface area (Å²) in [6, 6.07) is 14.8. The minimum atomic E-state index is -0.144. The monoisotopic (exact) mass is 436 g/mol. The summed E-state index contributed by atoms with van der Waals surface area (Å²) < 4.78 is 5.30. The molecule has 0 spiro atoms. The molecule has 1 aromatic heterocycles. The third-order valence-corrected chi connectivity index (χ3v) is 5.72. The topological polar surface area (TPSA) is 58.6 Å². The third kappa shape index (κ3) is 4.35. The van der Waals surface area contributed by atoms with Gasteiger partial charge in [0.25, 0.3) is 5.91 Å². The van der Waals surface area contributed by atoms with E-state index in [0.29, 0.717) is 28.8 Å². The van der Waals surface area contributed by atoms with E-state index in [-0.39, 0.29) is 11.9 Å². The number of amides is 1. The molecule has 2 heterocycles. The highest BCUT2D eigenvalue weighted by Crippen LogP contribution is 2.38. The summed E-state index contributed by atoms with van der Waals surface area (Å²) in [6.45, 7) is 0.678. The molecule has 160 valence electrons. The number of aromatic nitrogens is 2. The van der Waals surface area contributed by atoms with Gasteiger partial charge in [-0.25, -0.2) is 9.97 Å². The molecule has 1 saturated heterocycles. The quantitative estimate of drug-likeness (QED) is 0.572. The number of nitrogens with zero attached hydrogens (tertiary/aromatic N) is 4. The van der Waals surface area contributed by atoms with Crippen LogP contribution in [0.15, 0.2) is 54.7 Å². The van der Waals surface area contributed by atoms with Crippen molar-refractivity contribution >= 4 is 23.5 Å². The Hall–Kier alpha value is -3.12. The molecule has 0 N–H and O–H groups in total. The van der Waals surface area contributed by atoms with Gasteiger partial charge in [0.1, 0.15) is 5.75 Å². The molecule has 0 bridgehead atoms. The highest BCUT2D eigenvalue weighted by atomic mass is 35.5. The zero-order valence-electron chi connectivity index (χ0n) is 17.9. The van der Waals surface area contributed by atoms with Gasteiger partial charge in [-0.2, -0.15) is 0 Å². The van der Waals surface area contributed by atoms with E-state index in [1.54, 1.807) is 13.2 Å². The number of ether oxygens (including phenoxy) is 1. The summed E-state index contributed by atoms with van der Waals surface area (Å²) >= 11 is 6.25. The number of hydrogen-bond acceptors (Lipinski definition) is 5. The second kappa shape index (κ2) is 8.94. The van der Waals surface area contributed by atoms with Crippen LogP contribution in [0.4, 0.5) is 5.95 Å². The highest BCUT2D eigenvalue weighted by molar-refractivity contribution is 6.30. The normalized spacial score (nSPS) is 15.7. The van der Waals surface area contributed by atoms with Crippen LogP contribution in [0.5, 0.6) is 5.75 Å². The minimum Gasteiger partial charge on any atom is -0.497 e. The Bertz CT molecular complexity index is 1100. The zero-order valence-corrected chi connectivity index (χ0v) is 18.6. The second-order valence-corrected chi connectivity index (χ2v) is 8.20. The molecule has 0 radical (unpaired) electrons. The molecule has 7 heteroatoms. The van der Waals surface area contributed by atoms with Gasteiger partial charge in [0.15, 0.2) is 0 Å². The lowest BCUT2D eigenvalue weighted by Gasteiger charge is -2.27. The molecule has 0 unspecified atom stereocenters. The maximum absolute atomic E-state index is 13.4. The Kier molecular flexibility index (Phi) is 6.09. The van der Waals surface area contributed by atoms with Crippen molar-refractivity contribution in [1.29, 1.82) is 0 Å². The molecule has 3 aromatic rings. The number of anilines is 1. The molecule has 1 aliphatic heterocycles. The molecule has 0 saturated carbocycles. The smallest absolute Gasteiger partial charge is 0.254 e. The molecule has 0 aliphatic carbocycles. The molecule has 6 nitrogen and oxygen atoms in total. The number of halogens is 1. The maximum Gasteiger partial charge on any atom is 0.254 e. The number of benzene rings is 2. The molecule has 1 aliphatic rings. The SMILES string of the molecule is COc1cccc(C(=O)N2CCC[C@@H]2c2nc(N(C)C)ncc2-c2cccc(Cl)c2)c1. The third-order valence-electron chi connectivity index (χ3n) is 5.49. The van der Waals surface area contributed by atoms with Crippen LogP contribution in [0, 0.1) is 0 Å². The first-order chi connectivity index (χ1) is 15.0. The van der Waals surface area contributed by atoms with Gasteiger partial charge in [-0.1, -0.05) is 29.8 Å². The van der Waals surface area contributed by atoms with E-state index in [0.717, 1.165) is 29.7 Å². The van der Waals surface area contributed by atoms with Crippen molar-refractivity contribution in [1.82, 2.24) is 14.9 Å². The first-order valence-electron chi connectivity index (χ1n) is 10.2. The van der Waals surface area contributed by atoms with E-state index < -0.39 is 0 Å². The van der Waals surface area contributed by atoms with Crippen molar-refractivity contribution in [2.45, 2.75) is 18.9 Å². The molecule has 2 aromatic carbocycles. The Labute approximate surface area is 187 Å². The summed E-state index contributed by atoms with van der Waals surface area (Å²) in [5.41, 5.74) is 3.28. The summed E-state index contributed by atoms with van der Waals surface area (Å²) in [5.74, 6) is 1.25. The highest BCUT2D eigenvalue weighted by Gasteiger charge is 2.34. The first-order valence-corrected chi connectivity index (χ1v) is 10.6. The van der Waals surface area contributed by atoms with Crippen LogP contribution < -0.4 is 9.64 Å². The average Bonchev–Trinajstić information content (AvgIpc) is 3.28. The average molecular weight is 437 g/mol. The van der Waals surface area contributed by atoms with E-state index in [2.05, 4.69) is 4.98 Å². The summed E-state index contributed by atoms with van der Waals surface area (Å²) in [4.78, 5) is 26.6. The lowest BCUT2D eigenvalue weighted by atomic mass is 9.99. The summed E-state index contributed by atoms with van der Waals surface area (Å²) in [7, 11) is 5.42. The fourth-order valence-electron chi connectivity index (χ4n) is 3.95. The first kappa shape index (κ1) is 21.1. The predicted octanol–water partition coefficient (Wildman–Crippen LogP) is 4.85. The molecule has 4 rings (SSSR count). The van der Waals surface area contributed by atoms with Crippen LogP contribution in [0.1, 0.15) is 34.9 Å². The maximum atomic E-state index is 13.4. The summed E-state index contributed by atoms with van der Waals surface area (Å²) in [6.07, 6.45) is 3.58. The fraction of sp³-hybridized carbons (Fsp3) is 0.292. The fourth-order valence-corrected chi connectivity index (χ4v) is 4.14. The van der Waals surface area contributed by atoms with Crippen LogP contribution in [0.3, 0.4) is 0 Å². The van der Waals surface area contributed by atoms with Crippen LogP contribution >= 0.6 is 11.6 Å². The van der Waals surface area contributed by atoms with E-state index >= 15 is 0 Å². The van der Waals surface area contributed by atoms with Gasteiger partial charge >= 0.3 is 0 Å². The van der Waals surface area contributed by atoms with Gasteiger partial charge in [-0.3, -0.25) is 4.79 Å². The van der Waals surface area contributed by atoms with Crippen LogP contribution in [-0.4, -0.2) is 48.5 Å². The van der Waals surface area contributed by atoms with E-state index in [9.17, 15) is 4.79 Å². The number of carbonyl (C=O) groups excluding carboxylic acids is 1. The lowest BCUT2D eigenvalue weighted by molar-refractivity contribution is 0.0733. The van der Waals surface area contributed by atoms with Crippen molar-refractivity contribution in [3.05, 3.63) is 71.0 Å². The zero-order chi connectivity index (χ0) is 22.0. The molecule has 1 amide bonds. The number of methoxy groups -OCH3 is 1. The van der Waals surface area contributed by atoms with Crippen LogP contribution in [0.25, 0.3) is 11.1 Å². The number of rotatable bonds is 5. The molecular formula is C24H25ClN4O2. The van der Waals surface area contributed by atoms with E-state index in [1.807, 2.05) is 72.6 Å². The molecule has 1 fully saturated rings. The summed E-state index contributed by atoms with van der Waals surface area (Å²) in [5, 5.41) is 0.649. The molecule has 31 heavy (non-hydrogen) atoms. The van der Waals surface area contributed by atoms with Crippen molar-refractivity contribution in [3.8, 4) is 16.9 Å². The lowest BCUT2D eigenvalue weighted by Crippen LogP contribution is -2.31. The number of likely N-dealkylation sites (tertiary alicyclic amines) is 1. The van der Waals surface area contributed by atoms with Crippen LogP contribution in [0.2, 0.25) is 5.02 Å². The van der Waals surface area contributed by atoms with Crippen molar-refractivity contribution in [2.24, 2.45) is 0 Å². The van der Waals surface area contributed by atoms with Gasteiger partial charge in [0, 0.05) is 43.0 Å². The Balaban J connectivity index is 1.77. The second-order valence-electron chi connectivity index (χ2n) is 7.76. The van der Waals surface area contributed by atoms with Crippen LogP contribution in [-0.2, 0) is 0 Å². The standard InChI is InChI=1S/C24H25ClN4O2/c1-28(2)24-26-15-20(16-7-4-9-18(25)13-16)22(27-24)21-11-6-12-29(21)23(30)17-8-5-10-19(14-17)31-3/h4-5,7-10,13-15,21H,6,11-12H2,1-3H3/t21-/m1/s1. The van der Waals surface area contributed by atoms with Crippen molar-refractivity contribution in [3.63, 3.8) is 0 Å². The Morgan fingerprint density at radius 2 is 2.00 bits per heavy atom.